The van der Waals surface area contributed by atoms with Gasteiger partial charge in [-0.25, -0.2) is 18.6 Å². The van der Waals surface area contributed by atoms with E-state index in [0.29, 0.717) is 18.9 Å². The van der Waals surface area contributed by atoms with Crippen LogP contribution in [-0.4, -0.2) is 37.3 Å². The number of amides is 2. The summed E-state index contributed by atoms with van der Waals surface area (Å²) in [7, 11) is 0. The van der Waals surface area contributed by atoms with Crippen LogP contribution in [0.3, 0.4) is 0 Å². The van der Waals surface area contributed by atoms with Gasteiger partial charge in [-0.15, -0.1) is 0 Å². The highest BCUT2D eigenvalue weighted by atomic mass is 19.1. The van der Waals surface area contributed by atoms with Crippen LogP contribution in [0.25, 0.3) is 22.2 Å². The van der Waals surface area contributed by atoms with Crippen molar-refractivity contribution >= 4 is 34.0 Å². The zero-order valence-corrected chi connectivity index (χ0v) is 19.1. The van der Waals surface area contributed by atoms with Gasteiger partial charge in [0.1, 0.15) is 11.6 Å². The van der Waals surface area contributed by atoms with Crippen molar-refractivity contribution in [2.75, 3.05) is 41.8 Å². The molecule has 8 heteroatoms. The minimum Gasteiger partial charge on any atom is -0.378 e. The molecule has 178 valence electrons. The maximum atomic E-state index is 13.9. The van der Waals surface area contributed by atoms with Crippen molar-refractivity contribution in [2.45, 2.75) is 6.92 Å². The van der Waals surface area contributed by atoms with E-state index in [1.165, 1.54) is 11.6 Å². The molecule has 1 aliphatic heterocycles. The summed E-state index contributed by atoms with van der Waals surface area (Å²) in [6.07, 6.45) is 0. The summed E-state index contributed by atoms with van der Waals surface area (Å²) in [6, 6.07) is 18.1. The van der Waals surface area contributed by atoms with E-state index < -0.39 is 17.7 Å². The van der Waals surface area contributed by atoms with E-state index in [1.807, 2.05) is 19.1 Å². The first-order valence-electron chi connectivity index (χ1n) is 11.3. The molecule has 5 rings (SSSR count). The van der Waals surface area contributed by atoms with Crippen LogP contribution < -0.4 is 15.5 Å². The number of rotatable bonds is 4. The van der Waals surface area contributed by atoms with Gasteiger partial charge in [0.05, 0.1) is 30.1 Å². The summed E-state index contributed by atoms with van der Waals surface area (Å²) in [5, 5.41) is 6.02. The minimum atomic E-state index is -0.846. The Kier molecular flexibility index (Phi) is 6.29. The number of hydrogen-bond acceptors (Lipinski definition) is 4. The molecule has 35 heavy (non-hydrogen) atoms. The molecule has 2 heterocycles. The van der Waals surface area contributed by atoms with Crippen LogP contribution in [0.1, 0.15) is 5.56 Å². The number of benzene rings is 3. The molecule has 0 aliphatic carbocycles. The average Bonchev–Trinajstić information content (AvgIpc) is 2.86. The lowest BCUT2D eigenvalue weighted by Gasteiger charge is -2.30. The number of fused-ring (bicyclic) bond motifs is 1. The Bertz CT molecular complexity index is 1390. The first-order valence-corrected chi connectivity index (χ1v) is 11.3. The average molecular weight is 475 g/mol. The van der Waals surface area contributed by atoms with Crippen molar-refractivity contribution in [1.29, 1.82) is 0 Å². The number of pyridine rings is 1. The Morgan fingerprint density at radius 2 is 1.71 bits per heavy atom. The van der Waals surface area contributed by atoms with Crippen molar-refractivity contribution in [3.05, 3.63) is 83.9 Å². The van der Waals surface area contributed by atoms with Gasteiger partial charge in [-0.2, -0.15) is 0 Å². The minimum absolute atomic E-state index is 0.108. The number of carbonyl (C=O) groups is 1. The number of ether oxygens (including phenoxy) is 1. The second-order valence-corrected chi connectivity index (χ2v) is 8.43. The number of hydrogen-bond donors (Lipinski definition) is 2. The molecule has 4 aromatic rings. The zero-order valence-electron chi connectivity index (χ0n) is 19.1. The predicted molar refractivity (Wildman–Crippen MR) is 134 cm³/mol. The molecule has 1 saturated heterocycles. The Morgan fingerprint density at radius 1 is 0.943 bits per heavy atom. The molecule has 6 nitrogen and oxygen atoms in total. The van der Waals surface area contributed by atoms with E-state index in [4.69, 9.17) is 9.72 Å². The topological polar surface area (TPSA) is 66.5 Å². The number of urea groups is 1. The normalized spacial score (nSPS) is 13.6. The van der Waals surface area contributed by atoms with Crippen LogP contribution in [0.15, 0.2) is 66.7 Å². The van der Waals surface area contributed by atoms with Crippen molar-refractivity contribution < 1.29 is 18.3 Å². The molecule has 3 aromatic carbocycles. The molecule has 0 unspecified atom stereocenters. The fraction of sp³-hybridized carbons (Fsp3) is 0.185. The molecule has 0 spiro atoms. The third-order valence-corrected chi connectivity index (χ3v) is 5.92. The van der Waals surface area contributed by atoms with Gasteiger partial charge in [-0.3, -0.25) is 0 Å². The molecule has 0 saturated carbocycles. The highest BCUT2D eigenvalue weighted by Gasteiger charge is 2.17. The highest BCUT2D eigenvalue weighted by molar-refractivity contribution is 6.03. The van der Waals surface area contributed by atoms with Crippen LogP contribution in [-0.2, 0) is 4.74 Å². The molecule has 1 aromatic heterocycles. The summed E-state index contributed by atoms with van der Waals surface area (Å²) in [6.45, 7) is 4.80. The van der Waals surface area contributed by atoms with Crippen LogP contribution in [0.4, 0.5) is 30.6 Å². The monoisotopic (exact) mass is 474 g/mol. The molecule has 2 amide bonds. The summed E-state index contributed by atoms with van der Waals surface area (Å²) < 4.78 is 32.6. The van der Waals surface area contributed by atoms with E-state index in [2.05, 4.69) is 45.9 Å². The Hall–Kier alpha value is -4.04. The number of aromatic nitrogens is 1. The van der Waals surface area contributed by atoms with Gasteiger partial charge < -0.3 is 20.3 Å². The first kappa shape index (κ1) is 22.7. The van der Waals surface area contributed by atoms with Crippen molar-refractivity contribution in [1.82, 2.24) is 4.98 Å². The largest absolute Gasteiger partial charge is 0.378 e. The molecule has 0 bridgehead atoms. The maximum absolute atomic E-state index is 13.9. The van der Waals surface area contributed by atoms with Crippen LogP contribution >= 0.6 is 0 Å². The van der Waals surface area contributed by atoms with Gasteiger partial charge in [-0.1, -0.05) is 29.8 Å². The van der Waals surface area contributed by atoms with E-state index >= 15 is 0 Å². The molecule has 2 N–H and O–H groups in total. The number of nitrogens with zero attached hydrogens (tertiary/aromatic N) is 2. The number of nitrogens with one attached hydrogen (secondary N) is 2. The van der Waals surface area contributed by atoms with Gasteiger partial charge >= 0.3 is 6.03 Å². The summed E-state index contributed by atoms with van der Waals surface area (Å²) in [4.78, 5) is 19.6. The third-order valence-electron chi connectivity index (χ3n) is 5.92. The van der Waals surface area contributed by atoms with Gasteiger partial charge in [-0.05, 0) is 43.3 Å². The second kappa shape index (κ2) is 9.68. The van der Waals surface area contributed by atoms with Crippen molar-refractivity contribution in [3.8, 4) is 11.3 Å². The molecule has 1 fully saturated rings. The predicted octanol–water partition coefficient (Wildman–Crippen LogP) is 5.97. The Balaban J connectivity index is 1.48. The fourth-order valence-corrected chi connectivity index (χ4v) is 4.10. The number of carbonyl (C=O) groups excluding carboxylic acids is 1. The van der Waals surface area contributed by atoms with Crippen LogP contribution in [0, 0.1) is 18.6 Å². The molecule has 0 radical (unpaired) electrons. The fourth-order valence-electron chi connectivity index (χ4n) is 4.10. The van der Waals surface area contributed by atoms with E-state index in [-0.39, 0.29) is 5.69 Å². The molecule has 0 atom stereocenters. The SMILES string of the molecule is Cc1ccc(-c2cc(N3CCOCC3)c3cc(NC(=O)Nc4ccc(F)cc4F)ccc3n2)cc1. The van der Waals surface area contributed by atoms with Crippen molar-refractivity contribution in [2.24, 2.45) is 0 Å². The lowest BCUT2D eigenvalue weighted by molar-refractivity contribution is 0.123. The lowest BCUT2D eigenvalue weighted by atomic mass is 10.0. The zero-order chi connectivity index (χ0) is 24.4. The van der Waals surface area contributed by atoms with Crippen LogP contribution in [0.2, 0.25) is 0 Å². The Morgan fingerprint density at radius 3 is 2.46 bits per heavy atom. The molecular weight excluding hydrogens is 450 g/mol. The summed E-state index contributed by atoms with van der Waals surface area (Å²) in [5.74, 6) is -1.56. The smallest absolute Gasteiger partial charge is 0.323 e. The number of anilines is 3. The summed E-state index contributed by atoms with van der Waals surface area (Å²) in [5.41, 5.74) is 5.28. The number of morpholine rings is 1. The third kappa shape index (κ3) is 5.07. The quantitative estimate of drug-likeness (QED) is 0.383. The van der Waals surface area contributed by atoms with Gasteiger partial charge in [0.25, 0.3) is 0 Å². The van der Waals surface area contributed by atoms with Gasteiger partial charge in [0.15, 0.2) is 0 Å². The number of halogens is 2. The van der Waals surface area contributed by atoms with E-state index in [9.17, 15) is 13.6 Å². The molecular formula is C27H24F2N4O2. The lowest BCUT2D eigenvalue weighted by Crippen LogP contribution is -2.36. The van der Waals surface area contributed by atoms with Crippen molar-refractivity contribution in [3.63, 3.8) is 0 Å². The highest BCUT2D eigenvalue weighted by Crippen LogP contribution is 2.33. The van der Waals surface area contributed by atoms with E-state index in [0.717, 1.165) is 53.1 Å². The Labute approximate surface area is 201 Å². The van der Waals surface area contributed by atoms with E-state index in [1.54, 1.807) is 6.07 Å². The maximum Gasteiger partial charge on any atom is 0.323 e. The van der Waals surface area contributed by atoms with Crippen LogP contribution in [0.5, 0.6) is 0 Å². The van der Waals surface area contributed by atoms with Gasteiger partial charge in [0.2, 0.25) is 0 Å². The summed E-state index contributed by atoms with van der Waals surface area (Å²) >= 11 is 0. The second-order valence-electron chi connectivity index (χ2n) is 8.43. The molecule has 1 aliphatic rings. The first-order chi connectivity index (χ1) is 17.0. The standard InChI is InChI=1S/C27H24F2N4O2/c1-17-2-4-18(5-3-17)25-16-26(33-10-12-35-13-11-33)21-15-20(7-9-23(21)31-25)30-27(34)32-24-8-6-19(28)14-22(24)29/h2-9,14-16H,10-13H2,1H3,(H2,30,32,34). The van der Waals surface area contributed by atoms with Gasteiger partial charge in [0, 0.05) is 41.5 Å². The number of aryl methyl sites for hydroxylation is 1.